The van der Waals surface area contributed by atoms with E-state index >= 15 is 0 Å². The van der Waals surface area contributed by atoms with Crippen LogP contribution >= 0.6 is 0 Å². The smallest absolute Gasteiger partial charge is 0.311 e. The fraction of sp³-hybridized carbons (Fsp3) is 0.875. The molecule has 1 aliphatic heterocycles. The number of hydrogen-bond acceptors (Lipinski definition) is 2. The maximum Gasteiger partial charge on any atom is 0.323 e. The molecular weight excluding hydrogens is 250 g/mol. The molecule has 2 aliphatic carbocycles. The Morgan fingerprint density at radius 3 is 2.75 bits per heavy atom. The van der Waals surface area contributed by atoms with Crippen molar-refractivity contribution in [3.63, 3.8) is 0 Å². The molecule has 4 nitrogen and oxygen atoms in total. The fourth-order valence-corrected chi connectivity index (χ4v) is 4.05. The predicted octanol–water partition coefficient (Wildman–Crippen LogP) is 3.52. The Morgan fingerprint density at radius 1 is 1.25 bits per heavy atom. The highest BCUT2D eigenvalue weighted by Gasteiger charge is 2.51. The van der Waals surface area contributed by atoms with Crippen LogP contribution in [0.5, 0.6) is 0 Å². The molecule has 2 atom stereocenters. The highest BCUT2D eigenvalue weighted by Crippen LogP contribution is 2.41. The van der Waals surface area contributed by atoms with Crippen molar-refractivity contribution >= 4 is 11.9 Å². The molecular formula is C16H27N3O. The van der Waals surface area contributed by atoms with Gasteiger partial charge in [0.05, 0.1) is 0 Å². The maximum absolute atomic E-state index is 12.2. The third-order valence-electron chi connectivity index (χ3n) is 5.46. The van der Waals surface area contributed by atoms with Gasteiger partial charge in [-0.25, -0.2) is 4.79 Å². The van der Waals surface area contributed by atoms with Gasteiger partial charge in [0.1, 0.15) is 11.4 Å². The molecule has 2 N–H and O–H groups in total. The van der Waals surface area contributed by atoms with E-state index in [9.17, 15) is 4.79 Å². The second kappa shape index (κ2) is 5.38. The molecule has 2 amide bonds. The van der Waals surface area contributed by atoms with Gasteiger partial charge >= 0.3 is 6.03 Å². The zero-order valence-electron chi connectivity index (χ0n) is 12.6. The van der Waals surface area contributed by atoms with Gasteiger partial charge in [-0.3, -0.25) is 10.7 Å². The molecule has 4 heteroatoms. The summed E-state index contributed by atoms with van der Waals surface area (Å²) in [6, 6.07) is -0.0177. The summed E-state index contributed by atoms with van der Waals surface area (Å²) in [5, 5.41) is 11.1. The number of amides is 2. The highest BCUT2D eigenvalue weighted by atomic mass is 16.2. The van der Waals surface area contributed by atoms with Gasteiger partial charge in [-0.05, 0) is 43.9 Å². The van der Waals surface area contributed by atoms with E-state index in [1.807, 2.05) is 4.90 Å². The molecule has 0 bridgehead atoms. The zero-order chi connectivity index (χ0) is 14.2. The van der Waals surface area contributed by atoms with Gasteiger partial charge in [0.2, 0.25) is 0 Å². The summed E-state index contributed by atoms with van der Waals surface area (Å²) in [5.74, 6) is 1.96. The topological polar surface area (TPSA) is 56.2 Å². The van der Waals surface area contributed by atoms with Gasteiger partial charge in [0, 0.05) is 6.54 Å². The minimum absolute atomic E-state index is 0.0177. The summed E-state index contributed by atoms with van der Waals surface area (Å²) in [5.41, 5.74) is -0.290. The first-order valence-corrected chi connectivity index (χ1v) is 8.33. The first-order chi connectivity index (χ1) is 9.65. The Hall–Kier alpha value is -1.06. The molecule has 3 rings (SSSR count). The molecule has 2 saturated carbocycles. The lowest BCUT2D eigenvalue weighted by Gasteiger charge is -2.36. The quantitative estimate of drug-likeness (QED) is 0.811. The number of carbonyl (C=O) groups excluding carboxylic acids is 1. The fourth-order valence-electron chi connectivity index (χ4n) is 4.05. The number of carbonyl (C=O) groups is 1. The van der Waals surface area contributed by atoms with Gasteiger partial charge < -0.3 is 4.90 Å². The summed E-state index contributed by atoms with van der Waals surface area (Å²) >= 11 is 0. The van der Waals surface area contributed by atoms with Crippen molar-refractivity contribution in [1.29, 1.82) is 5.41 Å². The van der Waals surface area contributed by atoms with Crippen LogP contribution in [-0.2, 0) is 0 Å². The van der Waals surface area contributed by atoms with Crippen LogP contribution in [0.25, 0.3) is 0 Å². The van der Waals surface area contributed by atoms with Crippen molar-refractivity contribution in [2.24, 2.45) is 11.8 Å². The molecule has 0 aromatic heterocycles. The molecule has 3 aliphatic rings. The number of nitrogens with one attached hydrogen (secondary N) is 2. The van der Waals surface area contributed by atoms with Crippen molar-refractivity contribution < 1.29 is 4.79 Å². The zero-order valence-corrected chi connectivity index (χ0v) is 12.6. The maximum atomic E-state index is 12.2. The number of rotatable bonds is 4. The first kappa shape index (κ1) is 13.9. The molecule has 1 saturated heterocycles. The van der Waals surface area contributed by atoms with Crippen molar-refractivity contribution in [2.75, 3.05) is 6.54 Å². The lowest BCUT2D eigenvalue weighted by molar-refractivity contribution is 0.157. The molecule has 0 radical (unpaired) electrons. The molecule has 0 aromatic carbocycles. The van der Waals surface area contributed by atoms with Gasteiger partial charge in [-0.2, -0.15) is 0 Å². The normalized spacial score (nSPS) is 34.5. The summed E-state index contributed by atoms with van der Waals surface area (Å²) in [6.07, 6.45) is 10.6. The van der Waals surface area contributed by atoms with Crippen LogP contribution in [0.2, 0.25) is 0 Å². The highest BCUT2D eigenvalue weighted by molar-refractivity contribution is 6.08. The minimum Gasteiger partial charge on any atom is -0.311 e. The van der Waals surface area contributed by atoms with Crippen molar-refractivity contribution in [1.82, 2.24) is 10.2 Å². The largest absolute Gasteiger partial charge is 0.323 e. The van der Waals surface area contributed by atoms with Crippen molar-refractivity contribution in [3.05, 3.63) is 0 Å². The Kier molecular flexibility index (Phi) is 3.74. The van der Waals surface area contributed by atoms with E-state index in [1.165, 1.54) is 38.5 Å². The average Bonchev–Trinajstić information content (AvgIpc) is 3.20. The van der Waals surface area contributed by atoms with Gasteiger partial charge in [0.25, 0.3) is 0 Å². The Morgan fingerprint density at radius 2 is 2.05 bits per heavy atom. The first-order valence-electron chi connectivity index (χ1n) is 8.33. The van der Waals surface area contributed by atoms with E-state index in [-0.39, 0.29) is 11.6 Å². The molecule has 0 aromatic rings. The van der Waals surface area contributed by atoms with Crippen LogP contribution in [0.1, 0.15) is 64.7 Å². The number of urea groups is 1. The van der Waals surface area contributed by atoms with Crippen LogP contribution in [0, 0.1) is 17.2 Å². The van der Waals surface area contributed by atoms with Gasteiger partial charge in [-0.15, -0.1) is 0 Å². The Bertz CT molecular complexity index is 405. The minimum atomic E-state index is -0.290. The van der Waals surface area contributed by atoms with Gasteiger partial charge in [-0.1, -0.05) is 32.6 Å². The Labute approximate surface area is 121 Å². The summed E-state index contributed by atoms with van der Waals surface area (Å²) in [4.78, 5) is 14.2. The molecule has 20 heavy (non-hydrogen) atoms. The SMILES string of the molecule is CCCC1CCCC2(CC1)C(=N)NC(=O)N2CC1CC1. The van der Waals surface area contributed by atoms with Crippen LogP contribution in [0.15, 0.2) is 0 Å². The number of hydrogen-bond donors (Lipinski definition) is 2. The van der Waals surface area contributed by atoms with E-state index < -0.39 is 0 Å². The van der Waals surface area contributed by atoms with Crippen LogP contribution in [-0.4, -0.2) is 28.9 Å². The van der Waals surface area contributed by atoms with E-state index in [1.54, 1.807) is 0 Å². The molecule has 1 spiro atoms. The Balaban J connectivity index is 1.76. The van der Waals surface area contributed by atoms with Crippen molar-refractivity contribution in [3.8, 4) is 0 Å². The summed E-state index contributed by atoms with van der Waals surface area (Å²) in [6.45, 7) is 3.12. The predicted molar refractivity (Wildman–Crippen MR) is 79.9 cm³/mol. The third-order valence-corrected chi connectivity index (χ3v) is 5.46. The van der Waals surface area contributed by atoms with E-state index in [0.717, 1.165) is 31.7 Å². The second-order valence-electron chi connectivity index (χ2n) is 6.98. The van der Waals surface area contributed by atoms with Crippen molar-refractivity contribution in [2.45, 2.75) is 70.3 Å². The molecule has 3 fully saturated rings. The standard InChI is InChI=1S/C16H27N3O/c1-2-4-12-5-3-9-16(10-8-12)14(17)18-15(20)19(16)11-13-6-7-13/h12-13H,2-11H2,1H3,(H2,17,18,20). The number of amidine groups is 1. The summed E-state index contributed by atoms with van der Waals surface area (Å²) < 4.78 is 0. The van der Waals surface area contributed by atoms with Crippen LogP contribution < -0.4 is 5.32 Å². The lowest BCUT2D eigenvalue weighted by Crippen LogP contribution is -2.50. The summed E-state index contributed by atoms with van der Waals surface area (Å²) in [7, 11) is 0. The van der Waals surface area contributed by atoms with E-state index in [0.29, 0.717) is 11.8 Å². The van der Waals surface area contributed by atoms with Crippen LogP contribution in [0.4, 0.5) is 4.79 Å². The molecule has 1 heterocycles. The number of nitrogens with zero attached hydrogens (tertiary/aromatic N) is 1. The lowest BCUT2D eigenvalue weighted by atomic mass is 9.87. The second-order valence-corrected chi connectivity index (χ2v) is 6.98. The molecule has 112 valence electrons. The average molecular weight is 277 g/mol. The van der Waals surface area contributed by atoms with Gasteiger partial charge in [0.15, 0.2) is 0 Å². The third kappa shape index (κ3) is 2.45. The monoisotopic (exact) mass is 277 g/mol. The van der Waals surface area contributed by atoms with E-state index in [2.05, 4.69) is 12.2 Å². The van der Waals surface area contributed by atoms with Crippen LogP contribution in [0.3, 0.4) is 0 Å². The van der Waals surface area contributed by atoms with E-state index in [4.69, 9.17) is 5.41 Å². The molecule has 2 unspecified atom stereocenters.